The van der Waals surface area contributed by atoms with E-state index in [0.29, 0.717) is 0 Å². The summed E-state index contributed by atoms with van der Waals surface area (Å²) in [7, 11) is 1.67. The van der Waals surface area contributed by atoms with Crippen molar-refractivity contribution in [1.82, 2.24) is 4.98 Å². The van der Waals surface area contributed by atoms with Crippen LogP contribution < -0.4 is 4.74 Å². The van der Waals surface area contributed by atoms with E-state index in [2.05, 4.69) is 26.3 Å². The molecule has 0 N–H and O–H groups in total. The molecular formula is C13H16BrNOS. The van der Waals surface area contributed by atoms with E-state index >= 15 is 0 Å². The number of ether oxygens (including phenoxy) is 1. The second-order valence-electron chi connectivity index (χ2n) is 3.01. The normalized spacial score (nSPS) is 9.41. The average Bonchev–Trinajstić information content (AvgIpc) is 2.90. The van der Waals surface area contributed by atoms with Crippen molar-refractivity contribution in [2.45, 2.75) is 19.2 Å². The van der Waals surface area contributed by atoms with E-state index < -0.39 is 0 Å². The number of aromatic nitrogens is 1. The largest absolute Gasteiger partial charge is 0.497 e. The van der Waals surface area contributed by atoms with Crippen LogP contribution >= 0.6 is 27.3 Å². The molecule has 0 aliphatic carbocycles. The van der Waals surface area contributed by atoms with Gasteiger partial charge in [-0.25, -0.2) is 4.98 Å². The summed E-state index contributed by atoms with van der Waals surface area (Å²) in [5, 5.41) is 3.92. The molecule has 1 aromatic heterocycles. The SMILES string of the molecule is CC.COc1ccc(-c2nc(CBr)cs2)cc1. The van der Waals surface area contributed by atoms with Crippen LogP contribution in [0.15, 0.2) is 29.6 Å². The molecule has 2 rings (SSSR count). The Balaban J connectivity index is 0.000000686. The fourth-order valence-corrected chi connectivity index (χ4v) is 2.56. The number of nitrogens with zero attached hydrogens (tertiary/aromatic N) is 1. The van der Waals surface area contributed by atoms with E-state index in [1.165, 1.54) is 0 Å². The number of halogens is 1. The molecular weight excluding hydrogens is 298 g/mol. The van der Waals surface area contributed by atoms with Gasteiger partial charge in [0.15, 0.2) is 0 Å². The molecule has 1 heterocycles. The van der Waals surface area contributed by atoms with Gasteiger partial charge in [0, 0.05) is 16.3 Å². The summed E-state index contributed by atoms with van der Waals surface area (Å²) >= 11 is 5.05. The van der Waals surface area contributed by atoms with Crippen LogP contribution in [0.1, 0.15) is 19.5 Å². The smallest absolute Gasteiger partial charge is 0.123 e. The van der Waals surface area contributed by atoms with Gasteiger partial charge in [-0.15, -0.1) is 11.3 Å². The zero-order valence-corrected chi connectivity index (χ0v) is 12.6. The van der Waals surface area contributed by atoms with E-state index in [1.807, 2.05) is 38.1 Å². The zero-order valence-electron chi connectivity index (χ0n) is 10.2. The molecule has 1 aromatic carbocycles. The third kappa shape index (κ3) is 3.82. The highest BCUT2D eigenvalue weighted by molar-refractivity contribution is 9.08. The van der Waals surface area contributed by atoms with Gasteiger partial charge >= 0.3 is 0 Å². The summed E-state index contributed by atoms with van der Waals surface area (Å²) in [6.45, 7) is 4.00. The van der Waals surface area contributed by atoms with E-state index in [-0.39, 0.29) is 0 Å². The Kier molecular flexibility index (Phi) is 6.22. The first-order valence-corrected chi connectivity index (χ1v) is 7.48. The third-order valence-corrected chi connectivity index (χ3v) is 3.54. The standard InChI is InChI=1S/C11H10BrNOS.C2H6/c1-14-10-4-2-8(3-5-10)11-13-9(6-12)7-15-11;1-2/h2-5,7H,6H2,1H3;1-2H3. The van der Waals surface area contributed by atoms with Gasteiger partial charge in [0.05, 0.1) is 12.8 Å². The lowest BCUT2D eigenvalue weighted by Gasteiger charge is -1.99. The Bertz CT molecular complexity index is 439. The maximum atomic E-state index is 5.11. The molecule has 0 saturated heterocycles. The molecule has 0 aliphatic rings. The van der Waals surface area contributed by atoms with Crippen LogP contribution in [0.3, 0.4) is 0 Å². The second kappa shape index (κ2) is 7.45. The lowest BCUT2D eigenvalue weighted by molar-refractivity contribution is 0.415. The maximum Gasteiger partial charge on any atom is 0.123 e. The fourth-order valence-electron chi connectivity index (χ4n) is 1.23. The minimum Gasteiger partial charge on any atom is -0.497 e. The van der Waals surface area contributed by atoms with Crippen molar-refractivity contribution in [3.05, 3.63) is 35.3 Å². The summed E-state index contributed by atoms with van der Waals surface area (Å²) in [6.07, 6.45) is 0. The molecule has 0 bridgehead atoms. The molecule has 0 atom stereocenters. The van der Waals surface area contributed by atoms with Gasteiger partial charge < -0.3 is 4.74 Å². The number of benzene rings is 1. The summed E-state index contributed by atoms with van der Waals surface area (Å²) in [4.78, 5) is 4.49. The first-order valence-electron chi connectivity index (χ1n) is 5.48. The topological polar surface area (TPSA) is 22.1 Å². The van der Waals surface area contributed by atoms with Gasteiger partial charge in [-0.05, 0) is 24.3 Å². The number of rotatable bonds is 3. The molecule has 92 valence electrons. The van der Waals surface area contributed by atoms with Gasteiger partial charge in [-0.2, -0.15) is 0 Å². The van der Waals surface area contributed by atoms with Crippen molar-refractivity contribution in [1.29, 1.82) is 0 Å². The molecule has 0 aliphatic heterocycles. The lowest BCUT2D eigenvalue weighted by Crippen LogP contribution is -1.82. The minimum atomic E-state index is 0.805. The van der Waals surface area contributed by atoms with Gasteiger partial charge in [-0.1, -0.05) is 29.8 Å². The highest BCUT2D eigenvalue weighted by Gasteiger charge is 2.03. The van der Waals surface area contributed by atoms with Crippen LogP contribution in [0.4, 0.5) is 0 Å². The fraction of sp³-hybridized carbons (Fsp3) is 0.308. The molecule has 2 nitrogen and oxygen atoms in total. The maximum absolute atomic E-state index is 5.11. The van der Waals surface area contributed by atoms with E-state index in [0.717, 1.165) is 27.3 Å². The van der Waals surface area contributed by atoms with Crippen LogP contribution in [0.25, 0.3) is 10.6 Å². The minimum absolute atomic E-state index is 0.805. The number of methoxy groups -OCH3 is 1. The van der Waals surface area contributed by atoms with Crippen molar-refractivity contribution in [3.8, 4) is 16.3 Å². The first kappa shape index (κ1) is 14.2. The van der Waals surface area contributed by atoms with Crippen molar-refractivity contribution in [3.63, 3.8) is 0 Å². The van der Waals surface area contributed by atoms with Crippen molar-refractivity contribution < 1.29 is 4.74 Å². The Hall–Kier alpha value is -0.870. The average molecular weight is 314 g/mol. The highest BCUT2D eigenvalue weighted by Crippen LogP contribution is 2.26. The molecule has 0 unspecified atom stereocenters. The molecule has 0 spiro atoms. The van der Waals surface area contributed by atoms with E-state index in [4.69, 9.17) is 4.74 Å². The second-order valence-corrected chi connectivity index (χ2v) is 4.42. The molecule has 0 saturated carbocycles. The number of thiazole rings is 1. The molecule has 0 radical (unpaired) electrons. The van der Waals surface area contributed by atoms with Crippen molar-refractivity contribution in [2.75, 3.05) is 7.11 Å². The Morgan fingerprint density at radius 3 is 2.35 bits per heavy atom. The number of hydrogen-bond donors (Lipinski definition) is 0. The summed E-state index contributed by atoms with van der Waals surface area (Å²) in [5.74, 6) is 0.871. The molecule has 17 heavy (non-hydrogen) atoms. The van der Waals surface area contributed by atoms with Crippen LogP contribution in [-0.4, -0.2) is 12.1 Å². The zero-order chi connectivity index (χ0) is 12.7. The third-order valence-electron chi connectivity index (χ3n) is 2.03. The molecule has 4 heteroatoms. The Morgan fingerprint density at radius 2 is 1.88 bits per heavy atom. The van der Waals surface area contributed by atoms with Gasteiger partial charge in [-0.3, -0.25) is 0 Å². The van der Waals surface area contributed by atoms with Gasteiger partial charge in [0.1, 0.15) is 10.8 Å². The quantitative estimate of drug-likeness (QED) is 0.763. The van der Waals surface area contributed by atoms with Crippen molar-refractivity contribution >= 4 is 27.3 Å². The van der Waals surface area contributed by atoms with E-state index in [1.54, 1.807) is 18.4 Å². The molecule has 0 amide bonds. The highest BCUT2D eigenvalue weighted by atomic mass is 79.9. The molecule has 0 fully saturated rings. The number of alkyl halides is 1. The Labute approximate surface area is 115 Å². The Morgan fingerprint density at radius 1 is 1.24 bits per heavy atom. The monoisotopic (exact) mass is 313 g/mol. The van der Waals surface area contributed by atoms with Gasteiger partial charge in [0.2, 0.25) is 0 Å². The van der Waals surface area contributed by atoms with Gasteiger partial charge in [0.25, 0.3) is 0 Å². The first-order chi connectivity index (χ1) is 8.33. The number of hydrogen-bond acceptors (Lipinski definition) is 3. The summed E-state index contributed by atoms with van der Waals surface area (Å²) < 4.78 is 5.11. The van der Waals surface area contributed by atoms with Crippen LogP contribution in [-0.2, 0) is 5.33 Å². The van der Waals surface area contributed by atoms with Crippen LogP contribution in [0.2, 0.25) is 0 Å². The van der Waals surface area contributed by atoms with Crippen LogP contribution in [0.5, 0.6) is 5.75 Å². The predicted molar refractivity (Wildman–Crippen MR) is 78.1 cm³/mol. The van der Waals surface area contributed by atoms with Crippen molar-refractivity contribution in [2.24, 2.45) is 0 Å². The van der Waals surface area contributed by atoms with Crippen LogP contribution in [0, 0.1) is 0 Å². The summed E-state index contributed by atoms with van der Waals surface area (Å²) in [5.41, 5.74) is 2.21. The molecule has 2 aromatic rings. The summed E-state index contributed by atoms with van der Waals surface area (Å²) in [6, 6.07) is 7.94. The lowest BCUT2D eigenvalue weighted by atomic mass is 10.2. The predicted octanol–water partition coefficient (Wildman–Crippen LogP) is 4.74. The van der Waals surface area contributed by atoms with E-state index in [9.17, 15) is 0 Å².